The van der Waals surface area contributed by atoms with Crippen molar-refractivity contribution in [2.75, 3.05) is 25.1 Å². The van der Waals surface area contributed by atoms with Crippen molar-refractivity contribution in [3.05, 3.63) is 0 Å². The summed E-state index contributed by atoms with van der Waals surface area (Å²) in [6.07, 6.45) is 4.20. The summed E-state index contributed by atoms with van der Waals surface area (Å²) in [5.41, 5.74) is 0. The summed E-state index contributed by atoms with van der Waals surface area (Å²) in [6.45, 7) is 3.05. The summed E-state index contributed by atoms with van der Waals surface area (Å²) in [5, 5.41) is 5.88. The highest BCUT2D eigenvalue weighted by atomic mass is 32.2. The van der Waals surface area contributed by atoms with Crippen LogP contribution in [-0.2, 0) is 14.6 Å². The number of rotatable bonds is 8. The first kappa shape index (κ1) is 14.4. The van der Waals surface area contributed by atoms with Gasteiger partial charge in [0.2, 0.25) is 5.91 Å². The Bertz CT molecular complexity index is 350. The number of carbonyl (C=O) groups is 1. The molecular weight excluding hydrogens is 240 g/mol. The monoisotopic (exact) mass is 262 g/mol. The van der Waals surface area contributed by atoms with Crippen molar-refractivity contribution in [2.45, 2.75) is 32.2 Å². The van der Waals surface area contributed by atoms with Crippen molar-refractivity contribution in [2.24, 2.45) is 5.92 Å². The van der Waals surface area contributed by atoms with Crippen LogP contribution in [0.1, 0.15) is 26.2 Å². The van der Waals surface area contributed by atoms with Gasteiger partial charge >= 0.3 is 0 Å². The third-order valence-electron chi connectivity index (χ3n) is 2.74. The Morgan fingerprint density at radius 2 is 2.06 bits per heavy atom. The maximum atomic E-state index is 11.5. The molecule has 6 heteroatoms. The van der Waals surface area contributed by atoms with Crippen molar-refractivity contribution >= 4 is 15.7 Å². The number of hydrogen-bond donors (Lipinski definition) is 2. The van der Waals surface area contributed by atoms with Gasteiger partial charge in [-0.25, -0.2) is 8.42 Å². The van der Waals surface area contributed by atoms with Crippen molar-refractivity contribution in [1.29, 1.82) is 0 Å². The van der Waals surface area contributed by atoms with E-state index in [9.17, 15) is 13.2 Å². The summed E-state index contributed by atoms with van der Waals surface area (Å²) >= 11 is 0. The third kappa shape index (κ3) is 8.15. The molecule has 0 aliphatic heterocycles. The minimum atomic E-state index is -2.94. The first-order valence-corrected chi connectivity index (χ1v) is 8.10. The van der Waals surface area contributed by atoms with Crippen LogP contribution in [-0.4, -0.2) is 45.5 Å². The summed E-state index contributed by atoms with van der Waals surface area (Å²) in [4.78, 5) is 11.5. The normalized spacial score (nSPS) is 17.8. The Morgan fingerprint density at radius 3 is 2.59 bits per heavy atom. The highest BCUT2D eigenvalue weighted by Gasteiger charge is 2.20. The molecule has 1 atom stereocenters. The van der Waals surface area contributed by atoms with Gasteiger partial charge in [-0.2, -0.15) is 0 Å². The molecule has 17 heavy (non-hydrogen) atoms. The average Bonchev–Trinajstić information content (AvgIpc) is 2.97. The van der Waals surface area contributed by atoms with Crippen LogP contribution in [0, 0.1) is 5.92 Å². The molecule has 100 valence electrons. The van der Waals surface area contributed by atoms with Gasteiger partial charge in [-0.1, -0.05) is 0 Å². The summed E-state index contributed by atoms with van der Waals surface area (Å²) in [6, 6.07) is -0.0973. The van der Waals surface area contributed by atoms with Crippen molar-refractivity contribution in [3.8, 4) is 0 Å². The predicted octanol–water partition coefficient (Wildman–Crippen LogP) is -0.0746. The number of sulfone groups is 1. The van der Waals surface area contributed by atoms with Crippen LogP contribution in [0.5, 0.6) is 0 Å². The van der Waals surface area contributed by atoms with E-state index in [0.717, 1.165) is 12.5 Å². The minimum Gasteiger partial charge on any atom is -0.353 e. The second kappa shape index (κ2) is 6.35. The zero-order valence-electron chi connectivity index (χ0n) is 10.5. The fraction of sp³-hybridized carbons (Fsp3) is 0.909. The minimum absolute atomic E-state index is 0.0633. The van der Waals surface area contributed by atoms with E-state index in [1.165, 1.54) is 19.1 Å². The standard InChI is InChI=1S/C11H22N2O3S/c1-9(5-6-17(2,15)16)13-11(14)8-12-7-10-3-4-10/h9-10,12H,3-8H2,1-2H3,(H,13,14). The van der Waals surface area contributed by atoms with Crippen LogP contribution in [0.4, 0.5) is 0 Å². The zero-order valence-corrected chi connectivity index (χ0v) is 11.3. The number of nitrogens with one attached hydrogen (secondary N) is 2. The van der Waals surface area contributed by atoms with E-state index < -0.39 is 9.84 Å². The van der Waals surface area contributed by atoms with Crippen molar-refractivity contribution in [3.63, 3.8) is 0 Å². The molecule has 2 N–H and O–H groups in total. The van der Waals surface area contributed by atoms with Crippen molar-refractivity contribution < 1.29 is 13.2 Å². The van der Waals surface area contributed by atoms with Gasteiger partial charge in [0.1, 0.15) is 9.84 Å². The second-order valence-corrected chi connectivity index (χ2v) is 7.22. The summed E-state index contributed by atoms with van der Waals surface area (Å²) in [5.74, 6) is 0.807. The molecular formula is C11H22N2O3S. The molecule has 5 nitrogen and oxygen atoms in total. The van der Waals surface area contributed by atoms with Gasteiger partial charge < -0.3 is 10.6 Å². The molecule has 1 aliphatic rings. The van der Waals surface area contributed by atoms with Crippen LogP contribution < -0.4 is 10.6 Å². The molecule has 1 unspecified atom stereocenters. The Kier molecular flexibility index (Phi) is 5.39. The maximum Gasteiger partial charge on any atom is 0.234 e. The number of carbonyl (C=O) groups excluding carboxylic acids is 1. The van der Waals surface area contributed by atoms with E-state index in [2.05, 4.69) is 10.6 Å². The third-order valence-corrected chi connectivity index (χ3v) is 3.72. The number of hydrogen-bond acceptors (Lipinski definition) is 4. The maximum absolute atomic E-state index is 11.5. The molecule has 0 aromatic heterocycles. The lowest BCUT2D eigenvalue weighted by molar-refractivity contribution is -0.120. The molecule has 0 saturated heterocycles. The molecule has 0 radical (unpaired) electrons. The highest BCUT2D eigenvalue weighted by molar-refractivity contribution is 7.90. The first-order valence-electron chi connectivity index (χ1n) is 6.04. The molecule has 0 aromatic carbocycles. The fourth-order valence-electron chi connectivity index (χ4n) is 1.50. The summed E-state index contributed by atoms with van der Waals surface area (Å²) in [7, 11) is -2.94. The van der Waals surface area contributed by atoms with E-state index in [0.29, 0.717) is 13.0 Å². The average molecular weight is 262 g/mol. The van der Waals surface area contributed by atoms with E-state index in [1.807, 2.05) is 6.92 Å². The van der Waals surface area contributed by atoms with Crippen LogP contribution in [0.3, 0.4) is 0 Å². The zero-order chi connectivity index (χ0) is 12.9. The second-order valence-electron chi connectivity index (χ2n) is 4.96. The molecule has 0 heterocycles. The number of amides is 1. The molecule has 0 bridgehead atoms. The molecule has 1 amide bonds. The molecule has 0 aromatic rings. The van der Waals surface area contributed by atoms with Gasteiger partial charge in [-0.05, 0) is 38.6 Å². The van der Waals surface area contributed by atoms with Crippen LogP contribution in [0.15, 0.2) is 0 Å². The lowest BCUT2D eigenvalue weighted by Gasteiger charge is -2.13. The van der Waals surface area contributed by atoms with Gasteiger partial charge in [0.15, 0.2) is 0 Å². The van der Waals surface area contributed by atoms with Gasteiger partial charge in [0.05, 0.1) is 12.3 Å². The molecule has 1 aliphatic carbocycles. The molecule has 0 spiro atoms. The smallest absolute Gasteiger partial charge is 0.234 e. The van der Waals surface area contributed by atoms with Crippen LogP contribution >= 0.6 is 0 Å². The Morgan fingerprint density at radius 1 is 1.41 bits per heavy atom. The SMILES string of the molecule is CC(CCS(C)(=O)=O)NC(=O)CNCC1CC1. The Hall–Kier alpha value is -0.620. The van der Waals surface area contributed by atoms with Gasteiger partial charge in [0, 0.05) is 12.3 Å². The van der Waals surface area contributed by atoms with E-state index >= 15 is 0 Å². The lowest BCUT2D eigenvalue weighted by Crippen LogP contribution is -2.40. The quantitative estimate of drug-likeness (QED) is 0.642. The van der Waals surface area contributed by atoms with Gasteiger partial charge in [-0.3, -0.25) is 4.79 Å². The molecule has 1 saturated carbocycles. The Labute approximate surface area is 103 Å². The molecule has 1 rings (SSSR count). The highest BCUT2D eigenvalue weighted by Crippen LogP contribution is 2.27. The Balaban J connectivity index is 2.07. The first-order chi connectivity index (χ1) is 7.87. The van der Waals surface area contributed by atoms with Crippen LogP contribution in [0.2, 0.25) is 0 Å². The van der Waals surface area contributed by atoms with E-state index in [-0.39, 0.29) is 17.7 Å². The largest absolute Gasteiger partial charge is 0.353 e. The van der Waals surface area contributed by atoms with Crippen LogP contribution in [0.25, 0.3) is 0 Å². The van der Waals surface area contributed by atoms with Gasteiger partial charge in [0.25, 0.3) is 0 Å². The van der Waals surface area contributed by atoms with Crippen molar-refractivity contribution in [1.82, 2.24) is 10.6 Å². The fourth-order valence-corrected chi connectivity index (χ4v) is 2.28. The predicted molar refractivity (Wildman–Crippen MR) is 67.5 cm³/mol. The molecule has 1 fully saturated rings. The lowest BCUT2D eigenvalue weighted by atomic mass is 10.2. The van der Waals surface area contributed by atoms with E-state index in [1.54, 1.807) is 0 Å². The van der Waals surface area contributed by atoms with Gasteiger partial charge in [-0.15, -0.1) is 0 Å². The van der Waals surface area contributed by atoms with E-state index in [4.69, 9.17) is 0 Å². The summed E-state index contributed by atoms with van der Waals surface area (Å²) < 4.78 is 21.9. The topological polar surface area (TPSA) is 75.3 Å².